The van der Waals surface area contributed by atoms with Crippen molar-refractivity contribution in [3.8, 4) is 22.9 Å². The van der Waals surface area contributed by atoms with E-state index in [9.17, 15) is 9.90 Å². The topological polar surface area (TPSA) is 96.4 Å². The van der Waals surface area contributed by atoms with E-state index in [0.717, 1.165) is 18.4 Å². The number of aromatic hydroxyl groups is 1. The van der Waals surface area contributed by atoms with E-state index in [-0.39, 0.29) is 17.8 Å². The minimum absolute atomic E-state index is 0.0817. The van der Waals surface area contributed by atoms with E-state index in [0.29, 0.717) is 29.2 Å². The van der Waals surface area contributed by atoms with Gasteiger partial charge >= 0.3 is 0 Å². The smallest absolute Gasteiger partial charge is 0.243 e. The first-order valence-corrected chi connectivity index (χ1v) is 10.1. The monoisotopic (exact) mass is 394 g/mol. The molecular formula is C22H26N4O3. The van der Waals surface area contributed by atoms with E-state index >= 15 is 0 Å². The van der Waals surface area contributed by atoms with Crippen LogP contribution < -0.4 is 15.4 Å². The average Bonchev–Trinajstić information content (AvgIpc) is 2.72. The number of carbonyl (C=O) groups is 1. The number of hydrogen-bond donors (Lipinski definition) is 3. The van der Waals surface area contributed by atoms with Gasteiger partial charge in [0.25, 0.3) is 0 Å². The van der Waals surface area contributed by atoms with Crippen molar-refractivity contribution in [2.24, 2.45) is 0 Å². The van der Waals surface area contributed by atoms with Crippen molar-refractivity contribution in [3.63, 3.8) is 0 Å². The molecule has 2 saturated heterocycles. The van der Waals surface area contributed by atoms with E-state index in [2.05, 4.69) is 20.8 Å². The maximum absolute atomic E-state index is 11.3. The van der Waals surface area contributed by atoms with Gasteiger partial charge in [-0.2, -0.15) is 0 Å². The number of carbonyl (C=O) groups excluding carboxylic acids is 1. The summed E-state index contributed by atoms with van der Waals surface area (Å²) in [6.45, 7) is 0. The molecule has 0 saturated carbocycles. The summed E-state index contributed by atoms with van der Waals surface area (Å²) in [5.74, 6) is 0.397. The second-order valence-corrected chi connectivity index (χ2v) is 7.68. The minimum Gasteiger partial charge on any atom is -0.507 e. The Balaban J connectivity index is 1.42. The number of ether oxygens (including phenoxy) is 1. The van der Waals surface area contributed by atoms with Crippen molar-refractivity contribution < 1.29 is 14.6 Å². The normalized spacial score (nSPS) is 23.7. The number of rotatable bonds is 5. The van der Waals surface area contributed by atoms with Crippen LogP contribution in [0, 0.1) is 0 Å². The largest absolute Gasteiger partial charge is 0.507 e. The van der Waals surface area contributed by atoms with Crippen LogP contribution in [0.4, 0.5) is 0 Å². The first kappa shape index (κ1) is 19.4. The van der Waals surface area contributed by atoms with Gasteiger partial charge in [0.2, 0.25) is 11.8 Å². The Labute approximate surface area is 170 Å². The minimum atomic E-state index is -0.201. The molecule has 7 heteroatoms. The molecule has 3 N–H and O–H groups in total. The molecule has 7 nitrogen and oxygen atoms in total. The number of fused-ring (bicyclic) bond motifs is 2. The fraction of sp³-hybridized carbons (Fsp3) is 0.409. The first-order chi connectivity index (χ1) is 14.1. The Morgan fingerprint density at radius 2 is 2.00 bits per heavy atom. The number of phenolic OH excluding ortho intramolecular Hbond substituents is 1. The van der Waals surface area contributed by atoms with Crippen LogP contribution in [0.1, 0.15) is 37.7 Å². The maximum Gasteiger partial charge on any atom is 0.243 e. The zero-order chi connectivity index (χ0) is 20.2. The quantitative estimate of drug-likeness (QED) is 0.675. The second kappa shape index (κ2) is 8.61. The van der Waals surface area contributed by atoms with E-state index in [4.69, 9.17) is 4.74 Å². The summed E-state index contributed by atoms with van der Waals surface area (Å²) >= 11 is 0. The van der Waals surface area contributed by atoms with Crippen molar-refractivity contribution in [3.05, 3.63) is 42.0 Å². The van der Waals surface area contributed by atoms with Crippen molar-refractivity contribution in [2.75, 3.05) is 7.05 Å². The average molecular weight is 394 g/mol. The Bertz CT molecular complexity index is 885. The highest BCUT2D eigenvalue weighted by Crippen LogP contribution is 2.31. The molecule has 0 radical (unpaired) electrons. The SMILES string of the molecule is CNC(=O)/C=C/c1ccc(-c2ccc(OC3C[C@H]4CCC[C@@H](C3)N4)nn2)c(O)c1. The van der Waals surface area contributed by atoms with Crippen molar-refractivity contribution in [1.29, 1.82) is 0 Å². The van der Waals surface area contributed by atoms with Crippen molar-refractivity contribution in [1.82, 2.24) is 20.8 Å². The third-order valence-electron chi connectivity index (χ3n) is 5.57. The lowest BCUT2D eigenvalue weighted by Gasteiger charge is -2.39. The standard InChI is InChI=1S/C22H26N4O3/c1-23-21(28)9-6-14-5-7-18(20(27)11-14)19-8-10-22(26-25-19)29-17-12-15-3-2-4-16(13-17)24-15/h5-11,15-17,24,27H,2-4,12-13H2,1H3,(H,23,28)/b9-6+/t15-,16+,17?. The lowest BCUT2D eigenvalue weighted by Crippen LogP contribution is -2.51. The molecule has 2 bridgehead atoms. The molecule has 4 rings (SSSR count). The Morgan fingerprint density at radius 3 is 2.66 bits per heavy atom. The summed E-state index contributed by atoms with van der Waals surface area (Å²) in [5.41, 5.74) is 1.87. The molecule has 1 aromatic carbocycles. The highest BCUT2D eigenvalue weighted by atomic mass is 16.5. The predicted molar refractivity (Wildman–Crippen MR) is 110 cm³/mol. The molecule has 2 aromatic rings. The predicted octanol–water partition coefficient (Wildman–Crippen LogP) is 2.66. The van der Waals surface area contributed by atoms with Crippen LogP contribution in [-0.4, -0.2) is 46.4 Å². The van der Waals surface area contributed by atoms with Gasteiger partial charge in [-0.15, -0.1) is 10.2 Å². The van der Waals surface area contributed by atoms with Gasteiger partial charge in [-0.05, 0) is 55.5 Å². The van der Waals surface area contributed by atoms with Gasteiger partial charge in [0.05, 0.1) is 5.69 Å². The third kappa shape index (κ3) is 4.74. The number of amides is 1. The number of hydrogen-bond acceptors (Lipinski definition) is 6. The highest BCUT2D eigenvalue weighted by Gasteiger charge is 2.32. The van der Waals surface area contributed by atoms with Crippen LogP contribution in [0.25, 0.3) is 17.3 Å². The summed E-state index contributed by atoms with van der Waals surface area (Å²) in [6.07, 6.45) is 8.97. The molecule has 1 unspecified atom stereocenters. The molecule has 1 amide bonds. The van der Waals surface area contributed by atoms with E-state index < -0.39 is 0 Å². The number of nitrogens with one attached hydrogen (secondary N) is 2. The zero-order valence-electron chi connectivity index (χ0n) is 16.5. The molecule has 29 heavy (non-hydrogen) atoms. The van der Waals surface area contributed by atoms with Crippen LogP contribution in [0.2, 0.25) is 0 Å². The summed E-state index contributed by atoms with van der Waals surface area (Å²) in [4.78, 5) is 11.3. The van der Waals surface area contributed by atoms with Gasteiger partial charge in [0.15, 0.2) is 0 Å². The van der Waals surface area contributed by atoms with E-state index in [1.807, 2.05) is 6.07 Å². The Morgan fingerprint density at radius 1 is 1.21 bits per heavy atom. The second-order valence-electron chi connectivity index (χ2n) is 7.68. The molecular weight excluding hydrogens is 368 g/mol. The molecule has 3 heterocycles. The van der Waals surface area contributed by atoms with Crippen molar-refractivity contribution in [2.45, 2.75) is 50.3 Å². The van der Waals surface area contributed by atoms with Crippen LogP contribution >= 0.6 is 0 Å². The molecule has 0 aliphatic carbocycles. The summed E-state index contributed by atoms with van der Waals surface area (Å²) in [6, 6.07) is 9.87. The third-order valence-corrected chi connectivity index (χ3v) is 5.57. The van der Waals surface area contributed by atoms with Crippen LogP contribution in [-0.2, 0) is 4.79 Å². The van der Waals surface area contributed by atoms with Gasteiger partial charge in [-0.25, -0.2) is 0 Å². The fourth-order valence-electron chi connectivity index (χ4n) is 4.13. The molecule has 2 aliphatic rings. The number of benzene rings is 1. The molecule has 2 fully saturated rings. The van der Waals surface area contributed by atoms with Gasteiger partial charge in [0, 0.05) is 36.8 Å². The van der Waals surface area contributed by atoms with Crippen molar-refractivity contribution >= 4 is 12.0 Å². The van der Waals surface area contributed by atoms with Gasteiger partial charge < -0.3 is 20.5 Å². The molecule has 1 aromatic heterocycles. The summed E-state index contributed by atoms with van der Waals surface area (Å²) in [5, 5.41) is 25.0. The Kier molecular flexibility index (Phi) is 5.76. The summed E-state index contributed by atoms with van der Waals surface area (Å²) < 4.78 is 6.07. The lowest BCUT2D eigenvalue weighted by molar-refractivity contribution is -0.115. The molecule has 2 aliphatic heterocycles. The van der Waals surface area contributed by atoms with Gasteiger partial charge in [-0.1, -0.05) is 12.5 Å². The van der Waals surface area contributed by atoms with Gasteiger partial charge in [0.1, 0.15) is 11.9 Å². The lowest BCUT2D eigenvalue weighted by atomic mass is 9.85. The fourth-order valence-corrected chi connectivity index (χ4v) is 4.13. The molecule has 0 spiro atoms. The number of piperidine rings is 2. The Hall–Kier alpha value is -2.93. The van der Waals surface area contributed by atoms with Crippen LogP contribution in [0.3, 0.4) is 0 Å². The van der Waals surface area contributed by atoms with Crippen LogP contribution in [0.15, 0.2) is 36.4 Å². The maximum atomic E-state index is 11.3. The van der Waals surface area contributed by atoms with Gasteiger partial charge in [-0.3, -0.25) is 4.79 Å². The van der Waals surface area contributed by atoms with E-state index in [1.54, 1.807) is 37.4 Å². The molecule has 3 atom stereocenters. The van der Waals surface area contributed by atoms with E-state index in [1.165, 1.54) is 25.3 Å². The highest BCUT2D eigenvalue weighted by molar-refractivity contribution is 5.91. The van der Waals surface area contributed by atoms with Crippen LogP contribution in [0.5, 0.6) is 11.6 Å². The number of phenols is 1. The number of likely N-dealkylation sites (N-methyl/N-ethyl adjacent to an activating group) is 1. The number of aromatic nitrogens is 2. The molecule has 152 valence electrons. The summed E-state index contributed by atoms with van der Waals surface area (Å²) in [7, 11) is 1.57. The number of nitrogens with zero attached hydrogens (tertiary/aromatic N) is 2. The first-order valence-electron chi connectivity index (χ1n) is 10.1. The zero-order valence-corrected chi connectivity index (χ0v) is 16.5.